The summed E-state index contributed by atoms with van der Waals surface area (Å²) in [5.41, 5.74) is 0.516. The summed E-state index contributed by atoms with van der Waals surface area (Å²) in [5, 5.41) is 2.62. The molecule has 0 aliphatic rings. The Morgan fingerprint density at radius 2 is 1.97 bits per heavy atom. The van der Waals surface area contributed by atoms with Crippen LogP contribution in [-0.4, -0.2) is 10.9 Å². The second-order valence-electron chi connectivity index (χ2n) is 6.27. The molecule has 0 saturated carbocycles. The molecule has 0 fully saturated rings. The molecule has 1 heterocycles. The van der Waals surface area contributed by atoms with Gasteiger partial charge in [0.25, 0.3) is 5.91 Å². The molecule has 1 amide bonds. The van der Waals surface area contributed by atoms with Gasteiger partial charge in [-0.05, 0) is 49.7 Å². The Kier molecular flexibility index (Phi) is 6.14. The van der Waals surface area contributed by atoms with E-state index in [0.717, 1.165) is 29.0 Å². The largest absolute Gasteiger partial charge is 0.486 e. The Morgan fingerprint density at radius 1 is 1.21 bits per heavy atom. The number of rotatable bonds is 5. The van der Waals surface area contributed by atoms with Crippen LogP contribution in [0.15, 0.2) is 42.5 Å². The number of alkyl halides is 3. The number of carbonyl (C=O) groups is 1. The normalized spacial score (nSPS) is 11.4. The minimum absolute atomic E-state index is 0.00270. The van der Waals surface area contributed by atoms with Crippen molar-refractivity contribution in [2.75, 3.05) is 5.32 Å². The van der Waals surface area contributed by atoms with Crippen LogP contribution in [0, 0.1) is 13.8 Å². The first-order chi connectivity index (χ1) is 13.6. The summed E-state index contributed by atoms with van der Waals surface area (Å²) in [6.07, 6.45) is -4.61. The summed E-state index contributed by atoms with van der Waals surface area (Å²) in [4.78, 5) is 17.1. The van der Waals surface area contributed by atoms with Crippen LogP contribution in [-0.2, 0) is 12.8 Å². The van der Waals surface area contributed by atoms with E-state index in [-0.39, 0.29) is 12.3 Å². The molecular formula is C20H16ClF3N2O2S. The molecule has 0 spiro atoms. The molecule has 0 saturated heterocycles. The molecule has 0 atom stereocenters. The van der Waals surface area contributed by atoms with E-state index in [0.29, 0.717) is 21.3 Å². The summed E-state index contributed by atoms with van der Waals surface area (Å²) in [7, 11) is 0. The smallest absolute Gasteiger partial charge is 0.417 e. The molecule has 29 heavy (non-hydrogen) atoms. The molecule has 2 aromatic carbocycles. The maximum Gasteiger partial charge on any atom is 0.417 e. The van der Waals surface area contributed by atoms with Gasteiger partial charge in [-0.15, -0.1) is 11.3 Å². The fraction of sp³-hybridized carbons (Fsp3) is 0.200. The van der Waals surface area contributed by atoms with Crippen LogP contribution in [0.25, 0.3) is 0 Å². The van der Waals surface area contributed by atoms with Crippen LogP contribution < -0.4 is 10.1 Å². The number of hydrogen-bond donors (Lipinski definition) is 1. The molecule has 0 aliphatic carbocycles. The molecule has 3 rings (SSSR count). The number of amides is 1. The Bertz CT molecular complexity index is 1050. The van der Waals surface area contributed by atoms with Gasteiger partial charge in [0, 0.05) is 5.69 Å². The van der Waals surface area contributed by atoms with Gasteiger partial charge in [-0.25, -0.2) is 4.98 Å². The minimum atomic E-state index is -4.61. The quantitative estimate of drug-likeness (QED) is 0.509. The van der Waals surface area contributed by atoms with Gasteiger partial charge in [-0.2, -0.15) is 13.2 Å². The van der Waals surface area contributed by atoms with Gasteiger partial charge < -0.3 is 10.1 Å². The van der Waals surface area contributed by atoms with Crippen LogP contribution in [0.4, 0.5) is 18.9 Å². The van der Waals surface area contributed by atoms with Crippen molar-refractivity contribution in [3.05, 3.63) is 74.2 Å². The summed E-state index contributed by atoms with van der Waals surface area (Å²) in [6.45, 7) is 3.79. The highest BCUT2D eigenvalue weighted by atomic mass is 35.5. The van der Waals surface area contributed by atoms with E-state index >= 15 is 0 Å². The molecule has 0 aliphatic heterocycles. The molecule has 1 aromatic heterocycles. The van der Waals surface area contributed by atoms with Crippen LogP contribution in [0.3, 0.4) is 0 Å². The van der Waals surface area contributed by atoms with Crippen molar-refractivity contribution in [3.63, 3.8) is 0 Å². The Hall–Kier alpha value is -2.58. The van der Waals surface area contributed by atoms with Gasteiger partial charge in [-0.3, -0.25) is 4.79 Å². The van der Waals surface area contributed by atoms with Crippen molar-refractivity contribution in [1.29, 1.82) is 0 Å². The fourth-order valence-corrected chi connectivity index (χ4v) is 3.68. The lowest BCUT2D eigenvalue weighted by molar-refractivity contribution is -0.137. The highest BCUT2D eigenvalue weighted by molar-refractivity contribution is 7.13. The van der Waals surface area contributed by atoms with E-state index in [2.05, 4.69) is 10.3 Å². The zero-order valence-electron chi connectivity index (χ0n) is 15.4. The summed E-state index contributed by atoms with van der Waals surface area (Å²) in [5.74, 6) is 0.141. The van der Waals surface area contributed by atoms with E-state index in [1.165, 1.54) is 6.07 Å². The number of thiazole rings is 1. The van der Waals surface area contributed by atoms with Crippen molar-refractivity contribution in [2.45, 2.75) is 26.6 Å². The molecule has 1 N–H and O–H groups in total. The zero-order chi connectivity index (χ0) is 21.2. The average molecular weight is 441 g/mol. The lowest BCUT2D eigenvalue weighted by atomic mass is 10.2. The van der Waals surface area contributed by atoms with Crippen molar-refractivity contribution >= 4 is 34.5 Å². The Balaban J connectivity index is 1.72. The van der Waals surface area contributed by atoms with Crippen LogP contribution >= 0.6 is 22.9 Å². The van der Waals surface area contributed by atoms with Crippen molar-refractivity contribution in [3.8, 4) is 5.75 Å². The van der Waals surface area contributed by atoms with Crippen molar-refractivity contribution < 1.29 is 22.7 Å². The number of carbonyl (C=O) groups excluding carboxylic acids is 1. The number of halogens is 4. The maximum absolute atomic E-state index is 13.0. The second-order valence-corrected chi connectivity index (χ2v) is 7.76. The Morgan fingerprint density at radius 3 is 2.66 bits per heavy atom. The number of aryl methyl sites for hydroxylation is 2. The third-order valence-corrected chi connectivity index (χ3v) is 5.39. The standard InChI is InChI=1S/C20H16ClF3N2O2S/c1-11-4-3-5-14(8-11)28-10-17-25-12(2)18(29-17)19(27)26-13-6-7-16(21)15(9-13)20(22,23)24/h3-9H,10H2,1-2H3,(H,26,27). The van der Waals surface area contributed by atoms with Crippen molar-refractivity contribution in [2.24, 2.45) is 0 Å². The molecule has 4 nitrogen and oxygen atoms in total. The van der Waals surface area contributed by atoms with Gasteiger partial charge >= 0.3 is 6.18 Å². The third-order valence-electron chi connectivity index (χ3n) is 3.93. The van der Waals surface area contributed by atoms with E-state index in [9.17, 15) is 18.0 Å². The van der Waals surface area contributed by atoms with E-state index < -0.39 is 22.7 Å². The average Bonchev–Trinajstić information content (AvgIpc) is 3.01. The van der Waals surface area contributed by atoms with Gasteiger partial charge in [0.2, 0.25) is 0 Å². The lowest BCUT2D eigenvalue weighted by Gasteiger charge is -2.11. The molecule has 0 bridgehead atoms. The first-order valence-corrected chi connectivity index (χ1v) is 9.67. The molecule has 0 radical (unpaired) electrons. The first-order valence-electron chi connectivity index (χ1n) is 8.47. The first kappa shape index (κ1) is 21.1. The van der Waals surface area contributed by atoms with Crippen molar-refractivity contribution in [1.82, 2.24) is 4.98 Å². The molecule has 3 aromatic rings. The summed E-state index contributed by atoms with van der Waals surface area (Å²) in [6, 6.07) is 10.7. The fourth-order valence-electron chi connectivity index (χ4n) is 2.58. The number of benzene rings is 2. The second kappa shape index (κ2) is 8.42. The van der Waals surface area contributed by atoms with E-state index in [4.69, 9.17) is 16.3 Å². The number of anilines is 1. The topological polar surface area (TPSA) is 51.2 Å². The van der Waals surface area contributed by atoms with Crippen LogP contribution in [0.2, 0.25) is 5.02 Å². The number of nitrogens with zero attached hydrogens (tertiary/aromatic N) is 1. The molecule has 9 heteroatoms. The van der Waals surface area contributed by atoms with Crippen LogP contribution in [0.1, 0.15) is 31.5 Å². The SMILES string of the molecule is Cc1cccc(OCc2nc(C)c(C(=O)Nc3ccc(Cl)c(C(F)(F)F)c3)s2)c1. The Labute approximate surface area is 174 Å². The van der Waals surface area contributed by atoms with E-state index in [1.807, 2.05) is 31.2 Å². The van der Waals surface area contributed by atoms with Gasteiger partial charge in [0.05, 0.1) is 16.3 Å². The molecule has 0 unspecified atom stereocenters. The number of ether oxygens (including phenoxy) is 1. The van der Waals surface area contributed by atoms with Crippen LogP contribution in [0.5, 0.6) is 5.75 Å². The molecule has 152 valence electrons. The third kappa shape index (κ3) is 5.27. The zero-order valence-corrected chi connectivity index (χ0v) is 17.0. The highest BCUT2D eigenvalue weighted by Crippen LogP contribution is 2.36. The molecular weight excluding hydrogens is 425 g/mol. The minimum Gasteiger partial charge on any atom is -0.486 e. The number of hydrogen-bond acceptors (Lipinski definition) is 4. The summed E-state index contributed by atoms with van der Waals surface area (Å²) < 4.78 is 44.6. The monoisotopic (exact) mass is 440 g/mol. The van der Waals surface area contributed by atoms with Gasteiger partial charge in [0.15, 0.2) is 0 Å². The lowest BCUT2D eigenvalue weighted by Crippen LogP contribution is -2.13. The maximum atomic E-state index is 13.0. The number of aromatic nitrogens is 1. The predicted molar refractivity (Wildman–Crippen MR) is 107 cm³/mol. The summed E-state index contributed by atoms with van der Waals surface area (Å²) >= 11 is 6.73. The highest BCUT2D eigenvalue weighted by Gasteiger charge is 2.33. The van der Waals surface area contributed by atoms with Gasteiger partial charge in [0.1, 0.15) is 22.2 Å². The van der Waals surface area contributed by atoms with Gasteiger partial charge in [-0.1, -0.05) is 23.7 Å². The number of nitrogens with one attached hydrogen (secondary N) is 1. The predicted octanol–water partition coefficient (Wildman–Crippen LogP) is 6.26. The van der Waals surface area contributed by atoms with E-state index in [1.54, 1.807) is 6.92 Å².